The van der Waals surface area contributed by atoms with Gasteiger partial charge in [0, 0.05) is 23.8 Å². The molecule has 4 heteroatoms. The second kappa shape index (κ2) is 6.84. The maximum atomic E-state index is 12.2. The number of amides is 1. The number of hydrogen-bond donors (Lipinski definition) is 1. The third kappa shape index (κ3) is 3.42. The van der Waals surface area contributed by atoms with Crippen LogP contribution < -0.4 is 10.2 Å². The molecule has 0 fully saturated rings. The van der Waals surface area contributed by atoms with Gasteiger partial charge in [-0.25, -0.2) is 0 Å². The highest BCUT2D eigenvalue weighted by atomic mass is 35.5. The number of fused-ring (bicyclic) bond motifs is 1. The first-order valence-corrected chi connectivity index (χ1v) is 7.95. The SMILES string of the molecule is O=C(CN1CCCc2ccccc21)NCc1ccccc1Cl. The third-order valence-corrected chi connectivity index (χ3v) is 4.34. The first-order valence-electron chi connectivity index (χ1n) is 7.57. The highest BCUT2D eigenvalue weighted by molar-refractivity contribution is 6.31. The van der Waals surface area contributed by atoms with E-state index in [4.69, 9.17) is 11.6 Å². The van der Waals surface area contributed by atoms with Crippen LogP contribution in [-0.4, -0.2) is 19.0 Å². The largest absolute Gasteiger partial charge is 0.362 e. The van der Waals surface area contributed by atoms with Gasteiger partial charge >= 0.3 is 0 Å². The van der Waals surface area contributed by atoms with Gasteiger partial charge in [-0.05, 0) is 36.1 Å². The molecule has 0 saturated carbocycles. The molecule has 3 rings (SSSR count). The van der Waals surface area contributed by atoms with Crippen molar-refractivity contribution in [3.05, 3.63) is 64.7 Å². The van der Waals surface area contributed by atoms with Gasteiger partial charge in [-0.1, -0.05) is 48.0 Å². The predicted octanol–water partition coefficient (Wildman–Crippen LogP) is 3.41. The molecule has 0 bridgehead atoms. The van der Waals surface area contributed by atoms with Crippen LogP contribution in [0.2, 0.25) is 5.02 Å². The zero-order chi connectivity index (χ0) is 15.4. The monoisotopic (exact) mass is 314 g/mol. The average molecular weight is 315 g/mol. The Morgan fingerprint density at radius 1 is 1.14 bits per heavy atom. The Balaban J connectivity index is 1.60. The van der Waals surface area contributed by atoms with Crippen LogP contribution in [0.3, 0.4) is 0 Å². The maximum Gasteiger partial charge on any atom is 0.239 e. The van der Waals surface area contributed by atoms with Gasteiger partial charge in [-0.2, -0.15) is 0 Å². The number of anilines is 1. The summed E-state index contributed by atoms with van der Waals surface area (Å²) in [4.78, 5) is 14.4. The highest BCUT2D eigenvalue weighted by Gasteiger charge is 2.18. The minimum atomic E-state index is 0.0247. The molecule has 1 amide bonds. The highest BCUT2D eigenvalue weighted by Crippen LogP contribution is 2.26. The fraction of sp³-hybridized carbons (Fsp3) is 0.278. The van der Waals surface area contributed by atoms with Gasteiger partial charge in [0.05, 0.1) is 6.54 Å². The van der Waals surface area contributed by atoms with Gasteiger partial charge in [0.25, 0.3) is 0 Å². The van der Waals surface area contributed by atoms with Crippen molar-refractivity contribution >= 4 is 23.2 Å². The summed E-state index contributed by atoms with van der Waals surface area (Å²) >= 11 is 6.10. The van der Waals surface area contributed by atoms with Crippen molar-refractivity contribution in [3.8, 4) is 0 Å². The molecule has 114 valence electrons. The summed E-state index contributed by atoms with van der Waals surface area (Å²) in [6.45, 7) is 1.78. The van der Waals surface area contributed by atoms with Crippen molar-refractivity contribution in [2.75, 3.05) is 18.0 Å². The molecule has 1 N–H and O–H groups in total. The van der Waals surface area contributed by atoms with Gasteiger partial charge < -0.3 is 10.2 Å². The molecule has 1 heterocycles. The topological polar surface area (TPSA) is 32.3 Å². The summed E-state index contributed by atoms with van der Waals surface area (Å²) in [6, 6.07) is 15.9. The van der Waals surface area contributed by atoms with Crippen LogP contribution >= 0.6 is 11.6 Å². The number of hydrogen-bond acceptors (Lipinski definition) is 2. The van der Waals surface area contributed by atoms with Crippen LogP contribution in [0.15, 0.2) is 48.5 Å². The summed E-state index contributed by atoms with van der Waals surface area (Å²) < 4.78 is 0. The molecule has 2 aromatic rings. The van der Waals surface area contributed by atoms with Crippen LogP contribution in [0.4, 0.5) is 5.69 Å². The maximum absolute atomic E-state index is 12.2. The molecule has 0 atom stereocenters. The first kappa shape index (κ1) is 14.9. The molecule has 0 spiro atoms. The molecule has 0 unspecified atom stereocenters. The lowest BCUT2D eigenvalue weighted by molar-refractivity contribution is -0.119. The molecule has 22 heavy (non-hydrogen) atoms. The number of nitrogens with zero attached hydrogens (tertiary/aromatic N) is 1. The van der Waals surface area contributed by atoms with Gasteiger partial charge in [-0.3, -0.25) is 4.79 Å². The van der Waals surface area contributed by atoms with E-state index < -0.39 is 0 Å². The number of halogens is 1. The Bertz CT molecular complexity index is 672. The number of carbonyl (C=O) groups is 1. The van der Waals surface area contributed by atoms with Crippen molar-refractivity contribution in [1.29, 1.82) is 0 Å². The van der Waals surface area contributed by atoms with Crippen LogP contribution in [0.1, 0.15) is 17.5 Å². The predicted molar refractivity (Wildman–Crippen MR) is 90.3 cm³/mol. The minimum absolute atomic E-state index is 0.0247. The van der Waals surface area contributed by atoms with Crippen LogP contribution in [0.25, 0.3) is 0 Å². The zero-order valence-corrected chi connectivity index (χ0v) is 13.1. The first-order chi connectivity index (χ1) is 10.7. The van der Waals surface area contributed by atoms with Crippen molar-refractivity contribution in [2.45, 2.75) is 19.4 Å². The van der Waals surface area contributed by atoms with E-state index in [1.807, 2.05) is 30.3 Å². The average Bonchev–Trinajstić information content (AvgIpc) is 2.54. The zero-order valence-electron chi connectivity index (χ0n) is 12.4. The van der Waals surface area contributed by atoms with E-state index in [1.54, 1.807) is 0 Å². The lowest BCUT2D eigenvalue weighted by Gasteiger charge is -2.30. The summed E-state index contributed by atoms with van der Waals surface area (Å²) in [6.07, 6.45) is 2.18. The Morgan fingerprint density at radius 2 is 1.91 bits per heavy atom. The Hall–Kier alpha value is -2.00. The van der Waals surface area contributed by atoms with E-state index in [2.05, 4.69) is 28.4 Å². The van der Waals surface area contributed by atoms with Gasteiger partial charge in [0.15, 0.2) is 0 Å². The van der Waals surface area contributed by atoms with Crippen LogP contribution in [0.5, 0.6) is 0 Å². The molecule has 2 aromatic carbocycles. The molecular formula is C18H19ClN2O. The van der Waals surface area contributed by atoms with Crippen molar-refractivity contribution in [2.24, 2.45) is 0 Å². The molecule has 3 nitrogen and oxygen atoms in total. The fourth-order valence-corrected chi connectivity index (χ4v) is 3.04. The standard InChI is InChI=1S/C18H19ClN2O/c19-16-9-3-1-7-15(16)12-20-18(22)13-21-11-5-8-14-6-2-4-10-17(14)21/h1-4,6-7,9-10H,5,8,11-13H2,(H,20,22). The molecule has 1 aliphatic rings. The smallest absolute Gasteiger partial charge is 0.239 e. The number of carbonyl (C=O) groups excluding carboxylic acids is 1. The van der Waals surface area contributed by atoms with E-state index in [0.717, 1.165) is 24.9 Å². The second-order valence-electron chi connectivity index (χ2n) is 5.52. The molecule has 0 saturated heterocycles. The molecule has 0 radical (unpaired) electrons. The fourth-order valence-electron chi connectivity index (χ4n) is 2.84. The minimum Gasteiger partial charge on any atom is -0.362 e. The summed E-state index contributed by atoms with van der Waals surface area (Å²) in [5.74, 6) is 0.0247. The summed E-state index contributed by atoms with van der Waals surface area (Å²) in [5, 5.41) is 3.64. The normalized spacial score (nSPS) is 13.6. The summed E-state index contributed by atoms with van der Waals surface area (Å²) in [7, 11) is 0. The van der Waals surface area contributed by atoms with Gasteiger partial charge in [0.2, 0.25) is 5.91 Å². The summed E-state index contributed by atoms with van der Waals surface area (Å²) in [5.41, 5.74) is 3.45. The number of benzene rings is 2. The quantitative estimate of drug-likeness (QED) is 0.938. The Morgan fingerprint density at radius 3 is 2.77 bits per heavy atom. The van der Waals surface area contributed by atoms with Gasteiger partial charge in [-0.15, -0.1) is 0 Å². The lowest BCUT2D eigenvalue weighted by Crippen LogP contribution is -2.39. The molecule has 1 aliphatic heterocycles. The lowest BCUT2D eigenvalue weighted by atomic mass is 10.0. The van der Waals surface area contributed by atoms with Crippen LogP contribution in [0, 0.1) is 0 Å². The number of para-hydroxylation sites is 1. The second-order valence-corrected chi connectivity index (χ2v) is 5.93. The number of nitrogens with one attached hydrogen (secondary N) is 1. The van der Waals surface area contributed by atoms with Gasteiger partial charge in [0.1, 0.15) is 0 Å². The Kier molecular flexibility index (Phi) is 4.64. The number of rotatable bonds is 4. The molecular weight excluding hydrogens is 296 g/mol. The van der Waals surface area contributed by atoms with E-state index >= 15 is 0 Å². The Labute approximate surface area is 135 Å². The molecule has 0 aliphatic carbocycles. The third-order valence-electron chi connectivity index (χ3n) is 3.97. The molecule has 0 aromatic heterocycles. The van der Waals surface area contributed by atoms with E-state index in [9.17, 15) is 4.79 Å². The van der Waals surface area contributed by atoms with E-state index in [0.29, 0.717) is 18.1 Å². The van der Waals surface area contributed by atoms with E-state index in [-0.39, 0.29) is 5.91 Å². The van der Waals surface area contributed by atoms with Crippen molar-refractivity contribution in [3.63, 3.8) is 0 Å². The van der Waals surface area contributed by atoms with Crippen LogP contribution in [-0.2, 0) is 17.8 Å². The van der Waals surface area contributed by atoms with E-state index in [1.165, 1.54) is 11.3 Å². The van der Waals surface area contributed by atoms with Crippen molar-refractivity contribution < 1.29 is 4.79 Å². The van der Waals surface area contributed by atoms with Crippen molar-refractivity contribution in [1.82, 2.24) is 5.32 Å². The number of aryl methyl sites for hydroxylation is 1.